The number of pyridine rings is 1. The molecular weight excluding hydrogens is 723 g/mol. The SMILES string of the molecule is c1ccc(-c2ccc(-c3cc(-c4ccc(-c5cc(-c6ccccc6)c6ccccc6c5)cc4)c4cc(-c5ccc(-c6ccccc6)cc5)c5ccccc5c4n3)cc2)cc1. The second kappa shape index (κ2) is 15.1. The largest absolute Gasteiger partial charge is 0.247 e. The number of aromatic nitrogens is 1. The molecule has 0 radical (unpaired) electrons. The van der Waals surface area contributed by atoms with Crippen molar-refractivity contribution in [3.05, 3.63) is 237 Å². The highest BCUT2D eigenvalue weighted by Gasteiger charge is 2.17. The third-order valence-electron chi connectivity index (χ3n) is 11.9. The van der Waals surface area contributed by atoms with E-state index in [2.05, 4.69) is 237 Å². The molecule has 11 rings (SSSR count). The van der Waals surface area contributed by atoms with Crippen LogP contribution in [0.2, 0.25) is 0 Å². The summed E-state index contributed by atoms with van der Waals surface area (Å²) < 4.78 is 0. The standard InChI is InChI=1S/C59H39N/c1-4-14-40(15-5-1)42-24-30-46(31-25-42)55-38-57-56(47-32-26-44(27-33-47)50-36-49-20-10-11-21-51(49)54(37-50)45-18-8-3-9-19-45)39-58(60-59(57)53-23-13-12-22-52(53)55)48-34-28-43(29-35-48)41-16-6-2-7-17-41/h1-39H. The van der Waals surface area contributed by atoms with Gasteiger partial charge in [-0.05, 0) is 107 Å². The third-order valence-corrected chi connectivity index (χ3v) is 11.9. The summed E-state index contributed by atoms with van der Waals surface area (Å²) in [5.74, 6) is 0. The highest BCUT2D eigenvalue weighted by atomic mass is 14.7. The predicted octanol–water partition coefficient (Wildman–Crippen LogP) is 16.2. The normalized spacial score (nSPS) is 11.3. The van der Waals surface area contributed by atoms with E-state index in [1.807, 2.05) is 0 Å². The molecule has 0 amide bonds. The van der Waals surface area contributed by atoms with E-state index in [1.165, 1.54) is 71.8 Å². The maximum absolute atomic E-state index is 5.48. The first-order chi connectivity index (χ1) is 29.7. The van der Waals surface area contributed by atoms with Crippen molar-refractivity contribution >= 4 is 32.4 Å². The Hall–Kier alpha value is -7.87. The van der Waals surface area contributed by atoms with Gasteiger partial charge in [-0.3, -0.25) is 0 Å². The Morgan fingerprint density at radius 1 is 0.217 bits per heavy atom. The van der Waals surface area contributed by atoms with Gasteiger partial charge in [0.2, 0.25) is 0 Å². The van der Waals surface area contributed by atoms with E-state index in [4.69, 9.17) is 4.98 Å². The fourth-order valence-corrected chi connectivity index (χ4v) is 8.79. The minimum atomic E-state index is 0.952. The Morgan fingerprint density at radius 3 is 1.18 bits per heavy atom. The molecule has 11 aromatic rings. The lowest BCUT2D eigenvalue weighted by molar-refractivity contribution is 1.41. The Morgan fingerprint density at radius 2 is 0.600 bits per heavy atom. The molecule has 0 aliphatic heterocycles. The van der Waals surface area contributed by atoms with Crippen molar-refractivity contribution in [1.29, 1.82) is 0 Å². The van der Waals surface area contributed by atoms with Crippen LogP contribution < -0.4 is 0 Å². The van der Waals surface area contributed by atoms with Gasteiger partial charge in [0.1, 0.15) is 0 Å². The van der Waals surface area contributed by atoms with Crippen LogP contribution >= 0.6 is 0 Å². The van der Waals surface area contributed by atoms with E-state index in [0.717, 1.165) is 38.7 Å². The molecule has 10 aromatic carbocycles. The van der Waals surface area contributed by atoms with Gasteiger partial charge in [-0.1, -0.05) is 212 Å². The van der Waals surface area contributed by atoms with Gasteiger partial charge in [-0.2, -0.15) is 0 Å². The highest BCUT2D eigenvalue weighted by molar-refractivity contribution is 6.16. The van der Waals surface area contributed by atoms with Crippen molar-refractivity contribution in [2.75, 3.05) is 0 Å². The second-order valence-corrected chi connectivity index (χ2v) is 15.5. The average molecular weight is 762 g/mol. The van der Waals surface area contributed by atoms with E-state index in [0.29, 0.717) is 0 Å². The lowest BCUT2D eigenvalue weighted by Gasteiger charge is -2.17. The number of fused-ring (bicyclic) bond motifs is 4. The van der Waals surface area contributed by atoms with Crippen molar-refractivity contribution in [1.82, 2.24) is 4.98 Å². The van der Waals surface area contributed by atoms with Gasteiger partial charge < -0.3 is 0 Å². The molecule has 0 fully saturated rings. The van der Waals surface area contributed by atoms with Gasteiger partial charge in [-0.15, -0.1) is 0 Å². The van der Waals surface area contributed by atoms with Crippen molar-refractivity contribution < 1.29 is 0 Å². The number of hydrogen-bond acceptors (Lipinski definition) is 1. The first kappa shape index (κ1) is 35.3. The molecule has 1 aromatic heterocycles. The van der Waals surface area contributed by atoms with E-state index < -0.39 is 0 Å². The van der Waals surface area contributed by atoms with E-state index >= 15 is 0 Å². The van der Waals surface area contributed by atoms with Crippen LogP contribution in [0.15, 0.2) is 237 Å². The summed E-state index contributed by atoms with van der Waals surface area (Å²) in [6, 6.07) is 85.5. The number of nitrogens with zero attached hydrogens (tertiary/aromatic N) is 1. The maximum atomic E-state index is 5.48. The van der Waals surface area contributed by atoms with Crippen LogP contribution in [-0.2, 0) is 0 Å². The van der Waals surface area contributed by atoms with Gasteiger partial charge in [-0.25, -0.2) is 4.98 Å². The molecule has 280 valence electrons. The number of hydrogen-bond donors (Lipinski definition) is 0. The zero-order chi connectivity index (χ0) is 39.8. The summed E-state index contributed by atoms with van der Waals surface area (Å²) in [7, 11) is 0. The predicted molar refractivity (Wildman–Crippen MR) is 255 cm³/mol. The summed E-state index contributed by atoms with van der Waals surface area (Å²) in [6.45, 7) is 0. The van der Waals surface area contributed by atoms with E-state index in [-0.39, 0.29) is 0 Å². The minimum absolute atomic E-state index is 0.952. The molecule has 1 heteroatoms. The van der Waals surface area contributed by atoms with Gasteiger partial charge in [0.15, 0.2) is 0 Å². The maximum Gasteiger partial charge on any atom is 0.0794 e. The highest BCUT2D eigenvalue weighted by Crippen LogP contribution is 2.42. The van der Waals surface area contributed by atoms with Gasteiger partial charge >= 0.3 is 0 Å². The Kier molecular flexibility index (Phi) is 8.91. The molecule has 60 heavy (non-hydrogen) atoms. The van der Waals surface area contributed by atoms with Crippen molar-refractivity contribution in [3.63, 3.8) is 0 Å². The summed E-state index contributed by atoms with van der Waals surface area (Å²) in [5.41, 5.74) is 17.4. The summed E-state index contributed by atoms with van der Waals surface area (Å²) >= 11 is 0. The molecular formula is C59H39N. The van der Waals surface area contributed by atoms with Crippen molar-refractivity contribution in [2.24, 2.45) is 0 Å². The Balaban J connectivity index is 1.08. The fraction of sp³-hybridized carbons (Fsp3) is 0. The molecule has 0 spiro atoms. The van der Waals surface area contributed by atoms with Crippen LogP contribution in [0.3, 0.4) is 0 Å². The molecule has 0 aliphatic carbocycles. The van der Waals surface area contributed by atoms with Gasteiger partial charge in [0.05, 0.1) is 11.2 Å². The monoisotopic (exact) mass is 761 g/mol. The van der Waals surface area contributed by atoms with Crippen molar-refractivity contribution in [2.45, 2.75) is 0 Å². The average Bonchev–Trinajstić information content (AvgIpc) is 3.34. The van der Waals surface area contributed by atoms with Gasteiger partial charge in [0, 0.05) is 16.3 Å². The van der Waals surface area contributed by atoms with Crippen molar-refractivity contribution in [3.8, 4) is 78.0 Å². The first-order valence-corrected chi connectivity index (χ1v) is 20.6. The summed E-state index contributed by atoms with van der Waals surface area (Å²) in [5, 5.41) is 5.95. The smallest absolute Gasteiger partial charge is 0.0794 e. The zero-order valence-electron chi connectivity index (χ0n) is 33.0. The first-order valence-electron chi connectivity index (χ1n) is 20.6. The fourth-order valence-electron chi connectivity index (χ4n) is 8.79. The Bertz CT molecular complexity index is 3300. The van der Waals surface area contributed by atoms with Crippen LogP contribution in [0.5, 0.6) is 0 Å². The molecule has 1 heterocycles. The van der Waals surface area contributed by atoms with Gasteiger partial charge in [0.25, 0.3) is 0 Å². The lowest BCUT2D eigenvalue weighted by Crippen LogP contribution is -1.94. The zero-order valence-corrected chi connectivity index (χ0v) is 33.0. The Labute approximate surface area is 350 Å². The van der Waals surface area contributed by atoms with Crippen LogP contribution in [0, 0.1) is 0 Å². The summed E-state index contributed by atoms with van der Waals surface area (Å²) in [4.78, 5) is 5.48. The van der Waals surface area contributed by atoms with E-state index in [9.17, 15) is 0 Å². The molecule has 0 N–H and O–H groups in total. The topological polar surface area (TPSA) is 12.9 Å². The molecule has 0 saturated carbocycles. The van der Waals surface area contributed by atoms with Crippen LogP contribution in [0.4, 0.5) is 0 Å². The molecule has 0 saturated heterocycles. The molecule has 0 unspecified atom stereocenters. The molecule has 0 bridgehead atoms. The quantitative estimate of drug-likeness (QED) is 0.147. The number of benzene rings is 10. The molecule has 0 atom stereocenters. The second-order valence-electron chi connectivity index (χ2n) is 15.5. The van der Waals surface area contributed by atoms with Crippen LogP contribution in [0.1, 0.15) is 0 Å². The molecule has 1 nitrogen and oxygen atoms in total. The van der Waals surface area contributed by atoms with Crippen LogP contribution in [-0.4, -0.2) is 4.98 Å². The van der Waals surface area contributed by atoms with E-state index in [1.54, 1.807) is 0 Å². The lowest BCUT2D eigenvalue weighted by atomic mass is 9.89. The van der Waals surface area contributed by atoms with Crippen LogP contribution in [0.25, 0.3) is 110 Å². The number of rotatable bonds is 7. The third kappa shape index (κ3) is 6.53. The molecule has 0 aliphatic rings. The minimum Gasteiger partial charge on any atom is -0.247 e. The summed E-state index contributed by atoms with van der Waals surface area (Å²) in [6.07, 6.45) is 0.